The molecule has 168 valence electrons. The topological polar surface area (TPSA) is 79.7 Å². The fourth-order valence-corrected chi connectivity index (χ4v) is 4.04. The summed E-state index contributed by atoms with van der Waals surface area (Å²) >= 11 is 0. The van der Waals surface area contributed by atoms with Crippen LogP contribution >= 0.6 is 0 Å². The second-order valence-corrected chi connectivity index (χ2v) is 8.16. The predicted molar refractivity (Wildman–Crippen MR) is 127 cm³/mol. The summed E-state index contributed by atoms with van der Waals surface area (Å²) < 4.78 is 5.65. The van der Waals surface area contributed by atoms with Gasteiger partial charge in [-0.2, -0.15) is 0 Å². The SMILES string of the molecule is CCOc1cccc(C2/C(=C(/O)c3ccncc3)C(=O)C(=O)N2c2ccc(C(C)C)cc2)c1. The molecule has 3 aromatic rings. The van der Waals surface area contributed by atoms with Gasteiger partial charge in [-0.05, 0) is 60.4 Å². The van der Waals surface area contributed by atoms with E-state index in [-0.39, 0.29) is 11.3 Å². The Hall–Kier alpha value is -3.93. The number of benzene rings is 2. The predicted octanol–water partition coefficient (Wildman–Crippen LogP) is 5.23. The van der Waals surface area contributed by atoms with Crippen LogP contribution in [0, 0.1) is 0 Å². The number of rotatable bonds is 6. The van der Waals surface area contributed by atoms with Gasteiger partial charge in [0.15, 0.2) is 0 Å². The molecule has 0 spiro atoms. The van der Waals surface area contributed by atoms with Crippen molar-refractivity contribution in [2.24, 2.45) is 0 Å². The van der Waals surface area contributed by atoms with E-state index >= 15 is 0 Å². The first kappa shape index (κ1) is 22.3. The first-order valence-electron chi connectivity index (χ1n) is 11.0. The minimum atomic E-state index is -0.802. The number of aromatic nitrogens is 1. The highest BCUT2D eigenvalue weighted by Crippen LogP contribution is 2.43. The van der Waals surface area contributed by atoms with E-state index in [2.05, 4.69) is 18.8 Å². The molecule has 6 heteroatoms. The molecule has 2 aromatic carbocycles. The molecule has 1 aromatic heterocycles. The lowest BCUT2D eigenvalue weighted by atomic mass is 9.95. The molecule has 1 amide bonds. The number of hydrogen-bond acceptors (Lipinski definition) is 5. The molecule has 1 aliphatic heterocycles. The Labute approximate surface area is 193 Å². The summed E-state index contributed by atoms with van der Waals surface area (Å²) in [6, 6.07) is 17.3. The minimum Gasteiger partial charge on any atom is -0.507 e. The van der Waals surface area contributed by atoms with Gasteiger partial charge < -0.3 is 9.84 Å². The molecular formula is C27H26N2O4. The van der Waals surface area contributed by atoms with Crippen molar-refractivity contribution in [1.82, 2.24) is 4.98 Å². The number of aliphatic hydroxyl groups excluding tert-OH is 1. The summed E-state index contributed by atoms with van der Waals surface area (Å²) in [5.41, 5.74) is 2.84. The van der Waals surface area contributed by atoms with Crippen LogP contribution in [0.2, 0.25) is 0 Å². The van der Waals surface area contributed by atoms with E-state index in [1.807, 2.05) is 49.4 Å². The van der Waals surface area contributed by atoms with Crippen molar-refractivity contribution in [2.75, 3.05) is 11.5 Å². The number of pyridine rings is 1. The molecule has 4 rings (SSSR count). The summed E-state index contributed by atoms with van der Waals surface area (Å²) in [5, 5.41) is 11.1. The highest BCUT2D eigenvalue weighted by molar-refractivity contribution is 6.51. The summed E-state index contributed by atoms with van der Waals surface area (Å²) in [5.74, 6) is -0.692. The maximum absolute atomic E-state index is 13.3. The molecule has 0 saturated carbocycles. The molecule has 0 bridgehead atoms. The first-order chi connectivity index (χ1) is 15.9. The second kappa shape index (κ2) is 9.28. The Kier molecular flexibility index (Phi) is 6.27. The molecule has 1 fully saturated rings. The Morgan fingerprint density at radius 1 is 1.06 bits per heavy atom. The fraction of sp³-hybridized carbons (Fsp3) is 0.222. The van der Waals surface area contributed by atoms with E-state index in [1.165, 1.54) is 17.3 Å². The normalized spacial score (nSPS) is 17.6. The van der Waals surface area contributed by atoms with Gasteiger partial charge in [-0.15, -0.1) is 0 Å². The number of nitrogens with zero attached hydrogens (tertiary/aromatic N) is 2. The van der Waals surface area contributed by atoms with Crippen LogP contribution in [0.5, 0.6) is 5.75 Å². The van der Waals surface area contributed by atoms with Crippen LogP contribution in [-0.2, 0) is 9.59 Å². The molecule has 1 saturated heterocycles. The van der Waals surface area contributed by atoms with Crippen LogP contribution in [-0.4, -0.2) is 28.4 Å². The van der Waals surface area contributed by atoms with Gasteiger partial charge in [-0.1, -0.05) is 38.1 Å². The van der Waals surface area contributed by atoms with Gasteiger partial charge in [0, 0.05) is 23.6 Å². The van der Waals surface area contributed by atoms with Gasteiger partial charge >= 0.3 is 0 Å². The molecule has 0 radical (unpaired) electrons. The van der Waals surface area contributed by atoms with Crippen molar-refractivity contribution >= 4 is 23.1 Å². The Balaban J connectivity index is 1.91. The van der Waals surface area contributed by atoms with E-state index in [0.29, 0.717) is 35.1 Å². The van der Waals surface area contributed by atoms with Crippen molar-refractivity contribution in [3.8, 4) is 5.75 Å². The van der Waals surface area contributed by atoms with Gasteiger partial charge in [0.25, 0.3) is 11.7 Å². The third-order valence-electron chi connectivity index (χ3n) is 5.72. The molecular weight excluding hydrogens is 416 g/mol. The fourth-order valence-electron chi connectivity index (χ4n) is 4.04. The highest BCUT2D eigenvalue weighted by atomic mass is 16.5. The number of anilines is 1. The van der Waals surface area contributed by atoms with Crippen molar-refractivity contribution < 1.29 is 19.4 Å². The van der Waals surface area contributed by atoms with E-state index < -0.39 is 17.7 Å². The monoisotopic (exact) mass is 442 g/mol. The van der Waals surface area contributed by atoms with Crippen molar-refractivity contribution in [3.05, 3.63) is 95.3 Å². The van der Waals surface area contributed by atoms with E-state index in [9.17, 15) is 14.7 Å². The summed E-state index contributed by atoms with van der Waals surface area (Å²) in [7, 11) is 0. The molecule has 2 heterocycles. The molecule has 1 unspecified atom stereocenters. The number of carbonyl (C=O) groups excluding carboxylic acids is 2. The van der Waals surface area contributed by atoms with E-state index in [4.69, 9.17) is 4.74 Å². The highest BCUT2D eigenvalue weighted by Gasteiger charge is 2.47. The van der Waals surface area contributed by atoms with E-state index in [1.54, 1.807) is 18.2 Å². The van der Waals surface area contributed by atoms with Crippen LogP contribution in [0.3, 0.4) is 0 Å². The van der Waals surface area contributed by atoms with Crippen molar-refractivity contribution in [2.45, 2.75) is 32.7 Å². The molecule has 1 atom stereocenters. The largest absolute Gasteiger partial charge is 0.507 e. The van der Waals surface area contributed by atoms with Crippen LogP contribution in [0.4, 0.5) is 5.69 Å². The lowest BCUT2D eigenvalue weighted by molar-refractivity contribution is -0.132. The van der Waals surface area contributed by atoms with Crippen molar-refractivity contribution in [1.29, 1.82) is 0 Å². The summed E-state index contributed by atoms with van der Waals surface area (Å²) in [6.45, 7) is 6.56. The summed E-state index contributed by atoms with van der Waals surface area (Å²) in [6.07, 6.45) is 3.06. The summed E-state index contributed by atoms with van der Waals surface area (Å²) in [4.78, 5) is 31.9. The smallest absolute Gasteiger partial charge is 0.300 e. The number of ketones is 1. The average Bonchev–Trinajstić information content (AvgIpc) is 3.10. The quantitative estimate of drug-likeness (QED) is 0.321. The lowest BCUT2D eigenvalue weighted by Gasteiger charge is -2.26. The van der Waals surface area contributed by atoms with Gasteiger partial charge in [0.05, 0.1) is 18.2 Å². The zero-order valence-electron chi connectivity index (χ0n) is 18.9. The Bertz CT molecular complexity index is 1200. The molecule has 0 aliphatic carbocycles. The first-order valence-corrected chi connectivity index (χ1v) is 11.0. The zero-order valence-corrected chi connectivity index (χ0v) is 18.9. The second-order valence-electron chi connectivity index (χ2n) is 8.16. The Morgan fingerprint density at radius 3 is 2.39 bits per heavy atom. The van der Waals surface area contributed by atoms with Crippen LogP contribution in [0.15, 0.2) is 78.6 Å². The zero-order chi connectivity index (χ0) is 23.5. The van der Waals surface area contributed by atoms with Gasteiger partial charge in [0.2, 0.25) is 0 Å². The number of aliphatic hydroxyl groups is 1. The standard InChI is InChI=1S/C27H26N2O4/c1-4-33-22-7-5-6-20(16-22)24-23(25(30)19-12-14-28-15-13-19)26(31)27(32)29(24)21-10-8-18(9-11-21)17(2)3/h5-17,24,30H,4H2,1-3H3/b25-23-. The van der Waals surface area contributed by atoms with Crippen LogP contribution in [0.25, 0.3) is 5.76 Å². The van der Waals surface area contributed by atoms with Crippen LogP contribution < -0.4 is 9.64 Å². The maximum Gasteiger partial charge on any atom is 0.300 e. The average molecular weight is 443 g/mol. The molecule has 6 nitrogen and oxygen atoms in total. The number of ether oxygens (including phenoxy) is 1. The van der Waals surface area contributed by atoms with Gasteiger partial charge in [0.1, 0.15) is 11.5 Å². The van der Waals surface area contributed by atoms with Gasteiger partial charge in [-0.25, -0.2) is 0 Å². The van der Waals surface area contributed by atoms with Crippen molar-refractivity contribution in [3.63, 3.8) is 0 Å². The molecule has 1 aliphatic rings. The third kappa shape index (κ3) is 4.24. The molecule has 1 N–H and O–H groups in total. The number of Topliss-reactive ketones (excluding diaryl/α,β-unsaturated/α-hetero) is 1. The number of hydrogen-bond donors (Lipinski definition) is 1. The van der Waals surface area contributed by atoms with Crippen LogP contribution in [0.1, 0.15) is 49.4 Å². The lowest BCUT2D eigenvalue weighted by Crippen LogP contribution is -2.29. The maximum atomic E-state index is 13.3. The van der Waals surface area contributed by atoms with Gasteiger partial charge in [-0.3, -0.25) is 19.5 Å². The number of amides is 1. The Morgan fingerprint density at radius 2 is 1.76 bits per heavy atom. The minimum absolute atomic E-state index is 0.0350. The van der Waals surface area contributed by atoms with E-state index in [0.717, 1.165) is 5.56 Å². The number of carbonyl (C=O) groups is 2. The third-order valence-corrected chi connectivity index (χ3v) is 5.72. The molecule has 33 heavy (non-hydrogen) atoms.